The fourth-order valence-electron chi connectivity index (χ4n) is 5.89. The topological polar surface area (TPSA) is 209 Å². The smallest absolute Gasteiger partial charge is 0.410 e. The van der Waals surface area contributed by atoms with E-state index in [0.29, 0.717) is 50.4 Å². The van der Waals surface area contributed by atoms with E-state index in [0.717, 1.165) is 29.7 Å². The fraction of sp³-hybridized carbons (Fsp3) is 0.583. The van der Waals surface area contributed by atoms with Crippen molar-refractivity contribution in [3.63, 3.8) is 0 Å². The lowest BCUT2D eigenvalue weighted by atomic mass is 9.95. The van der Waals surface area contributed by atoms with Crippen LogP contribution in [0.25, 0.3) is 0 Å². The van der Waals surface area contributed by atoms with Crippen LogP contribution in [0.3, 0.4) is 0 Å². The molecule has 0 spiro atoms. The summed E-state index contributed by atoms with van der Waals surface area (Å²) < 4.78 is 5.50. The molecular weight excluding hydrogens is 658 g/mol. The minimum atomic E-state index is -0.992. The second-order valence-electron chi connectivity index (χ2n) is 13.3. The van der Waals surface area contributed by atoms with E-state index < -0.39 is 29.9 Å². The summed E-state index contributed by atoms with van der Waals surface area (Å²) in [5, 5.41) is 10.8. The standard InChI is InChI=1S/C36H53N7O8/c1-4-25-17-21-42(22-18-25)36(50)51-23-26-11-13-27(14-12-26)39-33(47)28(9-8-19-38-35(37)49)40-34(48)32(24(2)3)41-29(44)10-6-5-7-20-43-30(45)15-16-31(43)46/h11-16,24-25,28,32H,4-10,17-23H2,1-3H3,(H,39,47)(H,40,48)(H,41,44)(H3,37,38,49)/t28-,32-/m0/s1. The minimum absolute atomic E-state index is 0.0902. The number of piperidine rings is 1. The Morgan fingerprint density at radius 2 is 1.57 bits per heavy atom. The summed E-state index contributed by atoms with van der Waals surface area (Å²) in [6.45, 7) is 7.66. The van der Waals surface area contributed by atoms with Gasteiger partial charge in [0.05, 0.1) is 0 Å². The van der Waals surface area contributed by atoms with Crippen molar-refractivity contribution in [3.05, 3.63) is 42.0 Å². The van der Waals surface area contributed by atoms with Gasteiger partial charge in [0.1, 0.15) is 18.7 Å². The number of nitrogens with one attached hydrogen (secondary N) is 4. The summed E-state index contributed by atoms with van der Waals surface area (Å²) in [5.74, 6) is -1.69. The Hall–Kier alpha value is -4.95. The highest BCUT2D eigenvalue weighted by Crippen LogP contribution is 2.21. The van der Waals surface area contributed by atoms with E-state index in [1.807, 2.05) is 0 Å². The summed E-state index contributed by atoms with van der Waals surface area (Å²) in [6, 6.07) is 4.22. The van der Waals surface area contributed by atoms with Crippen LogP contribution >= 0.6 is 0 Å². The zero-order valence-corrected chi connectivity index (χ0v) is 29.9. The third kappa shape index (κ3) is 13.7. The van der Waals surface area contributed by atoms with E-state index in [1.165, 1.54) is 12.2 Å². The van der Waals surface area contributed by atoms with Gasteiger partial charge in [0.2, 0.25) is 17.7 Å². The molecule has 2 atom stereocenters. The van der Waals surface area contributed by atoms with Gasteiger partial charge in [-0.15, -0.1) is 0 Å². The largest absolute Gasteiger partial charge is 0.445 e. The van der Waals surface area contributed by atoms with E-state index in [-0.39, 0.29) is 62.3 Å². The average Bonchev–Trinajstić information content (AvgIpc) is 3.43. The monoisotopic (exact) mass is 711 g/mol. The normalized spacial score (nSPS) is 15.8. The Morgan fingerprint density at radius 3 is 2.18 bits per heavy atom. The molecule has 3 rings (SSSR count). The van der Waals surface area contributed by atoms with Crippen LogP contribution in [0, 0.1) is 11.8 Å². The number of primary amides is 1. The van der Waals surface area contributed by atoms with Crippen molar-refractivity contribution in [2.75, 3.05) is 31.5 Å². The summed E-state index contributed by atoms with van der Waals surface area (Å²) in [6.07, 6.45) is 7.51. The van der Waals surface area contributed by atoms with Crippen LogP contribution in [-0.4, -0.2) is 89.7 Å². The quantitative estimate of drug-likeness (QED) is 0.106. The predicted molar refractivity (Wildman–Crippen MR) is 190 cm³/mol. The van der Waals surface area contributed by atoms with Gasteiger partial charge in [0.25, 0.3) is 11.8 Å². The number of hydrogen-bond donors (Lipinski definition) is 5. The van der Waals surface area contributed by atoms with Gasteiger partial charge in [0.15, 0.2) is 0 Å². The maximum absolute atomic E-state index is 13.4. The van der Waals surface area contributed by atoms with Crippen LogP contribution in [0.1, 0.15) is 84.1 Å². The van der Waals surface area contributed by atoms with Gasteiger partial charge >= 0.3 is 12.1 Å². The lowest BCUT2D eigenvalue weighted by Crippen LogP contribution is -2.54. The maximum atomic E-state index is 13.4. The summed E-state index contributed by atoms with van der Waals surface area (Å²) in [7, 11) is 0. The molecule has 2 aliphatic rings. The first-order chi connectivity index (χ1) is 24.4. The van der Waals surface area contributed by atoms with Gasteiger partial charge in [-0.2, -0.15) is 0 Å². The molecule has 15 heteroatoms. The van der Waals surface area contributed by atoms with Crippen molar-refractivity contribution in [1.82, 2.24) is 25.8 Å². The molecule has 1 aromatic carbocycles. The summed E-state index contributed by atoms with van der Waals surface area (Å²) in [5.41, 5.74) is 6.37. The number of urea groups is 1. The molecule has 15 nitrogen and oxygen atoms in total. The number of nitrogens with zero attached hydrogens (tertiary/aromatic N) is 2. The first-order valence-corrected chi connectivity index (χ1v) is 17.9. The zero-order valence-electron chi connectivity index (χ0n) is 29.9. The molecule has 0 aromatic heterocycles. The molecule has 1 fully saturated rings. The highest BCUT2D eigenvalue weighted by Gasteiger charge is 2.29. The van der Waals surface area contributed by atoms with Crippen molar-refractivity contribution < 1.29 is 38.3 Å². The molecule has 2 aliphatic heterocycles. The van der Waals surface area contributed by atoms with E-state index >= 15 is 0 Å². The second kappa shape index (κ2) is 20.7. The Morgan fingerprint density at radius 1 is 0.902 bits per heavy atom. The number of ether oxygens (including phenoxy) is 1. The Kier molecular flexibility index (Phi) is 16.4. The molecule has 8 amide bonds. The molecule has 0 saturated carbocycles. The Labute approximate surface area is 299 Å². The van der Waals surface area contributed by atoms with E-state index in [9.17, 15) is 33.6 Å². The number of carbonyl (C=O) groups is 7. The molecular formula is C36H53N7O8. The minimum Gasteiger partial charge on any atom is -0.445 e. The first-order valence-electron chi connectivity index (χ1n) is 17.9. The number of likely N-dealkylation sites (tertiary alicyclic amines) is 1. The van der Waals surface area contributed by atoms with E-state index in [2.05, 4.69) is 28.2 Å². The van der Waals surface area contributed by atoms with Crippen LogP contribution < -0.4 is 27.0 Å². The van der Waals surface area contributed by atoms with Gasteiger partial charge in [0, 0.05) is 50.4 Å². The first kappa shape index (κ1) is 40.5. The number of nitrogens with two attached hydrogens (primary N) is 1. The van der Waals surface area contributed by atoms with E-state index in [4.69, 9.17) is 10.5 Å². The predicted octanol–water partition coefficient (Wildman–Crippen LogP) is 2.94. The summed E-state index contributed by atoms with van der Waals surface area (Å²) >= 11 is 0. The third-order valence-corrected chi connectivity index (χ3v) is 9.09. The molecule has 0 bridgehead atoms. The number of benzene rings is 1. The van der Waals surface area contributed by atoms with Crippen molar-refractivity contribution in [2.45, 2.75) is 97.2 Å². The van der Waals surface area contributed by atoms with Crippen molar-refractivity contribution in [2.24, 2.45) is 17.6 Å². The van der Waals surface area contributed by atoms with Gasteiger partial charge in [-0.25, -0.2) is 9.59 Å². The van der Waals surface area contributed by atoms with Crippen LogP contribution in [0.15, 0.2) is 36.4 Å². The molecule has 2 heterocycles. The molecule has 0 unspecified atom stereocenters. The highest BCUT2D eigenvalue weighted by atomic mass is 16.6. The SMILES string of the molecule is CCC1CCN(C(=O)OCc2ccc(NC(=O)[C@H](CCCNC(N)=O)NC(=O)[C@@H](NC(=O)CCCCCN3C(=O)C=CC3=O)C(C)C)cc2)CC1. The Balaban J connectivity index is 1.51. The van der Waals surface area contributed by atoms with Crippen molar-refractivity contribution >= 4 is 47.3 Å². The van der Waals surface area contributed by atoms with Crippen LogP contribution in [-0.2, 0) is 35.3 Å². The van der Waals surface area contributed by atoms with Gasteiger partial charge in [-0.1, -0.05) is 45.7 Å². The lowest BCUT2D eigenvalue weighted by molar-refractivity contribution is -0.137. The summed E-state index contributed by atoms with van der Waals surface area (Å²) in [4.78, 5) is 89.5. The van der Waals surface area contributed by atoms with Gasteiger partial charge < -0.3 is 36.6 Å². The number of anilines is 1. The Bertz CT molecular complexity index is 1390. The molecule has 1 saturated heterocycles. The van der Waals surface area contributed by atoms with Gasteiger partial charge in [-0.3, -0.25) is 28.9 Å². The number of hydrogen-bond acceptors (Lipinski definition) is 8. The highest BCUT2D eigenvalue weighted by molar-refractivity contribution is 6.12. The molecule has 0 radical (unpaired) electrons. The molecule has 0 aliphatic carbocycles. The number of carbonyl (C=O) groups excluding carboxylic acids is 7. The van der Waals surface area contributed by atoms with E-state index in [1.54, 1.807) is 43.0 Å². The second-order valence-corrected chi connectivity index (χ2v) is 13.3. The maximum Gasteiger partial charge on any atom is 0.410 e. The van der Waals surface area contributed by atoms with Crippen LogP contribution in [0.5, 0.6) is 0 Å². The third-order valence-electron chi connectivity index (χ3n) is 9.09. The lowest BCUT2D eigenvalue weighted by Gasteiger charge is -2.30. The fourth-order valence-corrected chi connectivity index (χ4v) is 5.89. The molecule has 51 heavy (non-hydrogen) atoms. The molecule has 1 aromatic rings. The number of imide groups is 1. The zero-order chi connectivity index (χ0) is 37.3. The molecule has 280 valence electrons. The van der Waals surface area contributed by atoms with Crippen LogP contribution in [0.2, 0.25) is 0 Å². The van der Waals surface area contributed by atoms with Crippen molar-refractivity contribution in [1.29, 1.82) is 0 Å². The van der Waals surface area contributed by atoms with Crippen molar-refractivity contribution in [3.8, 4) is 0 Å². The number of amides is 8. The van der Waals surface area contributed by atoms with Gasteiger partial charge in [-0.05, 0) is 68.1 Å². The van der Waals surface area contributed by atoms with Crippen LogP contribution in [0.4, 0.5) is 15.3 Å². The average molecular weight is 712 g/mol. The number of unbranched alkanes of at least 4 members (excludes halogenated alkanes) is 2. The number of rotatable bonds is 19. The molecule has 6 N–H and O–H groups in total.